The maximum atomic E-state index is 5.91. The minimum atomic E-state index is 0.354. The summed E-state index contributed by atoms with van der Waals surface area (Å²) in [7, 11) is 0. The third kappa shape index (κ3) is 2.14. The normalized spacial score (nSPS) is 26.6. The monoisotopic (exact) mass is 324 g/mol. The Balaban J connectivity index is 1.62. The van der Waals surface area contributed by atoms with Gasteiger partial charge in [-0.2, -0.15) is 0 Å². The van der Waals surface area contributed by atoms with Gasteiger partial charge >= 0.3 is 117 Å². The van der Waals surface area contributed by atoms with Gasteiger partial charge in [-0.05, 0) is 0 Å². The van der Waals surface area contributed by atoms with E-state index in [1.54, 1.807) is 0 Å². The SMILES string of the molecule is c1c[se]c(-c2nnc(N3CCN4CCC3CC4)o2)c1. The molecule has 0 saturated carbocycles. The van der Waals surface area contributed by atoms with Crippen LogP contribution in [0, 0.1) is 0 Å². The third-order valence-electron chi connectivity index (χ3n) is 4.05. The topological polar surface area (TPSA) is 45.4 Å². The van der Waals surface area contributed by atoms with E-state index in [-0.39, 0.29) is 0 Å². The molecule has 3 aliphatic heterocycles. The first-order valence-electron chi connectivity index (χ1n) is 6.76. The zero-order valence-electron chi connectivity index (χ0n) is 10.7. The van der Waals surface area contributed by atoms with Gasteiger partial charge in [-0.3, -0.25) is 0 Å². The molecule has 0 aromatic carbocycles. The van der Waals surface area contributed by atoms with E-state index in [2.05, 4.69) is 37.1 Å². The number of fused-ring (bicyclic) bond motifs is 4. The van der Waals surface area contributed by atoms with Gasteiger partial charge in [-0.15, -0.1) is 0 Å². The first-order valence-corrected chi connectivity index (χ1v) is 8.61. The van der Waals surface area contributed by atoms with Gasteiger partial charge in [0.05, 0.1) is 0 Å². The number of piperidine rings is 1. The molecule has 2 aromatic rings. The van der Waals surface area contributed by atoms with Gasteiger partial charge in [-0.25, -0.2) is 0 Å². The molecule has 5 heterocycles. The molecule has 100 valence electrons. The van der Waals surface area contributed by atoms with Crippen molar-refractivity contribution in [2.24, 2.45) is 0 Å². The Morgan fingerprint density at radius 2 is 2.05 bits per heavy atom. The molecule has 3 fully saturated rings. The molecular formula is C13H16N4OSe. The number of hydrogen-bond acceptors (Lipinski definition) is 5. The van der Waals surface area contributed by atoms with Crippen molar-refractivity contribution < 1.29 is 4.42 Å². The second kappa shape index (κ2) is 4.78. The van der Waals surface area contributed by atoms with Crippen molar-refractivity contribution >= 4 is 20.5 Å². The van der Waals surface area contributed by atoms with Crippen molar-refractivity contribution in [3.8, 4) is 10.3 Å². The molecule has 3 aliphatic rings. The summed E-state index contributed by atoms with van der Waals surface area (Å²) in [6.07, 6.45) is 2.43. The maximum absolute atomic E-state index is 5.91. The molecule has 0 amide bonds. The number of aromatic nitrogens is 2. The Morgan fingerprint density at radius 1 is 1.16 bits per heavy atom. The number of rotatable bonds is 2. The van der Waals surface area contributed by atoms with Crippen LogP contribution in [0.2, 0.25) is 0 Å². The van der Waals surface area contributed by atoms with Crippen LogP contribution in [0.4, 0.5) is 6.01 Å². The Morgan fingerprint density at radius 3 is 2.84 bits per heavy atom. The Labute approximate surface area is 118 Å². The van der Waals surface area contributed by atoms with Crippen LogP contribution < -0.4 is 4.90 Å². The molecule has 19 heavy (non-hydrogen) atoms. The van der Waals surface area contributed by atoms with Crippen LogP contribution >= 0.6 is 0 Å². The molecule has 3 saturated heterocycles. The van der Waals surface area contributed by atoms with Crippen LogP contribution in [0.15, 0.2) is 21.5 Å². The molecule has 0 radical (unpaired) electrons. The molecule has 6 heteroatoms. The van der Waals surface area contributed by atoms with Crippen molar-refractivity contribution in [2.75, 3.05) is 31.1 Å². The molecule has 0 aliphatic carbocycles. The molecule has 0 N–H and O–H groups in total. The summed E-state index contributed by atoms with van der Waals surface area (Å²) >= 11 is 0.354. The van der Waals surface area contributed by atoms with Crippen LogP contribution in [-0.4, -0.2) is 61.8 Å². The number of anilines is 1. The third-order valence-corrected chi connectivity index (χ3v) is 5.85. The summed E-state index contributed by atoms with van der Waals surface area (Å²) in [5.74, 6) is 0.708. The van der Waals surface area contributed by atoms with Crippen LogP contribution in [0.5, 0.6) is 0 Å². The van der Waals surface area contributed by atoms with Gasteiger partial charge < -0.3 is 0 Å². The first-order chi connectivity index (χ1) is 9.40. The van der Waals surface area contributed by atoms with Gasteiger partial charge in [0.25, 0.3) is 0 Å². The quantitative estimate of drug-likeness (QED) is 0.774. The average Bonchev–Trinajstić information content (AvgIpc) is 3.05. The number of nitrogens with zero attached hydrogens (tertiary/aromatic N) is 4. The van der Waals surface area contributed by atoms with Crippen molar-refractivity contribution in [1.82, 2.24) is 15.1 Å². The molecule has 0 unspecified atom stereocenters. The van der Waals surface area contributed by atoms with E-state index in [0.717, 1.165) is 13.1 Å². The Kier molecular flexibility index (Phi) is 2.94. The van der Waals surface area contributed by atoms with Crippen LogP contribution in [0.3, 0.4) is 0 Å². The fourth-order valence-electron chi connectivity index (χ4n) is 2.97. The van der Waals surface area contributed by atoms with Crippen molar-refractivity contribution in [2.45, 2.75) is 18.9 Å². The Bertz CT molecular complexity index is 545. The van der Waals surface area contributed by atoms with Crippen molar-refractivity contribution in [3.63, 3.8) is 0 Å². The summed E-state index contributed by atoms with van der Waals surface area (Å²) < 4.78 is 7.09. The van der Waals surface area contributed by atoms with E-state index in [1.165, 1.54) is 30.4 Å². The summed E-state index contributed by atoms with van der Waals surface area (Å²) in [5.41, 5.74) is 0. The molecule has 2 aromatic heterocycles. The van der Waals surface area contributed by atoms with Gasteiger partial charge in [0, 0.05) is 0 Å². The minimum absolute atomic E-state index is 0.354. The molecule has 2 bridgehead atoms. The standard InChI is InChI=1S/C13H16N4OSe/c1-2-11(19-9-1)12-14-15-13(18-12)17-8-7-16-5-3-10(17)4-6-16/h1-2,9-10H,3-8H2. The molecule has 0 atom stereocenters. The second-order valence-corrected chi connectivity index (χ2v) is 7.12. The van der Waals surface area contributed by atoms with Crippen molar-refractivity contribution in [1.29, 1.82) is 0 Å². The Hall–Kier alpha value is -1.10. The fraction of sp³-hybridized carbons (Fsp3) is 0.538. The van der Waals surface area contributed by atoms with Crippen LogP contribution in [0.25, 0.3) is 10.3 Å². The van der Waals surface area contributed by atoms with Gasteiger partial charge in [0.15, 0.2) is 0 Å². The molecular weight excluding hydrogens is 307 g/mol. The van der Waals surface area contributed by atoms with Crippen LogP contribution in [-0.2, 0) is 0 Å². The van der Waals surface area contributed by atoms with E-state index < -0.39 is 0 Å². The zero-order valence-corrected chi connectivity index (χ0v) is 12.4. The zero-order chi connectivity index (χ0) is 12.7. The van der Waals surface area contributed by atoms with E-state index in [9.17, 15) is 0 Å². The van der Waals surface area contributed by atoms with Crippen LogP contribution in [0.1, 0.15) is 12.8 Å². The summed E-state index contributed by atoms with van der Waals surface area (Å²) in [6, 6.07) is 5.44. The summed E-state index contributed by atoms with van der Waals surface area (Å²) in [5, 5.41) is 8.50. The van der Waals surface area contributed by atoms with Gasteiger partial charge in [-0.1, -0.05) is 0 Å². The summed E-state index contributed by atoms with van der Waals surface area (Å²) in [6.45, 7) is 4.54. The van der Waals surface area contributed by atoms with Gasteiger partial charge in [0.2, 0.25) is 0 Å². The first kappa shape index (κ1) is 11.7. The van der Waals surface area contributed by atoms with Gasteiger partial charge in [0.1, 0.15) is 0 Å². The second-order valence-electron chi connectivity index (χ2n) is 5.13. The van der Waals surface area contributed by atoms with E-state index in [4.69, 9.17) is 4.42 Å². The van der Waals surface area contributed by atoms with Crippen molar-refractivity contribution in [3.05, 3.63) is 17.1 Å². The molecule has 5 rings (SSSR count). The molecule has 5 nitrogen and oxygen atoms in total. The predicted molar refractivity (Wildman–Crippen MR) is 73.5 cm³/mol. The van der Waals surface area contributed by atoms with E-state index in [0.29, 0.717) is 32.5 Å². The predicted octanol–water partition coefficient (Wildman–Crippen LogP) is 1.08. The summed E-state index contributed by atoms with van der Waals surface area (Å²) in [4.78, 5) is 7.02. The average molecular weight is 323 g/mol. The number of hydrogen-bond donors (Lipinski definition) is 0. The molecule has 0 spiro atoms. The van der Waals surface area contributed by atoms with E-state index >= 15 is 0 Å². The fourth-order valence-corrected chi connectivity index (χ4v) is 4.32. The van der Waals surface area contributed by atoms with E-state index in [1.807, 2.05) is 0 Å².